The van der Waals surface area contributed by atoms with Crippen LogP contribution in [0, 0.1) is 0 Å². The predicted octanol–water partition coefficient (Wildman–Crippen LogP) is 3.67. The van der Waals surface area contributed by atoms with E-state index in [4.69, 9.17) is 9.72 Å². The van der Waals surface area contributed by atoms with Gasteiger partial charge in [0.15, 0.2) is 5.82 Å². The lowest BCUT2D eigenvalue weighted by molar-refractivity contribution is 0.0939. The van der Waals surface area contributed by atoms with Crippen LogP contribution in [0.4, 0.5) is 5.82 Å². The summed E-state index contributed by atoms with van der Waals surface area (Å²) in [5, 5.41) is 3.04. The molecule has 6 heteroatoms. The number of carbonyl (C=O) groups is 1. The van der Waals surface area contributed by atoms with Gasteiger partial charge in [0.2, 0.25) is 0 Å². The number of benzene rings is 1. The largest absolute Gasteiger partial charge is 0.497 e. The predicted molar refractivity (Wildman–Crippen MR) is 107 cm³/mol. The molecule has 27 heavy (non-hydrogen) atoms. The SMILES string of the molecule is CC[C@@H](C)NC(=O)c1cnc(-c2ccc(OC)cc2)nc1N1CCCCC1. The Morgan fingerprint density at radius 3 is 2.56 bits per heavy atom. The summed E-state index contributed by atoms with van der Waals surface area (Å²) in [5.41, 5.74) is 1.46. The molecule has 1 saturated heterocycles. The molecule has 1 aromatic carbocycles. The van der Waals surface area contributed by atoms with E-state index in [1.54, 1.807) is 13.3 Å². The zero-order valence-electron chi connectivity index (χ0n) is 16.4. The van der Waals surface area contributed by atoms with Crippen molar-refractivity contribution >= 4 is 11.7 Å². The summed E-state index contributed by atoms with van der Waals surface area (Å²) in [6, 6.07) is 7.78. The van der Waals surface area contributed by atoms with Gasteiger partial charge in [-0.05, 0) is 56.9 Å². The van der Waals surface area contributed by atoms with E-state index in [9.17, 15) is 4.79 Å². The highest BCUT2D eigenvalue weighted by Crippen LogP contribution is 2.26. The molecule has 1 aromatic heterocycles. The van der Waals surface area contributed by atoms with Crippen LogP contribution in [0.3, 0.4) is 0 Å². The molecule has 2 aromatic rings. The summed E-state index contributed by atoms with van der Waals surface area (Å²) in [4.78, 5) is 24.3. The fraction of sp³-hybridized carbons (Fsp3) is 0.476. The minimum atomic E-state index is -0.105. The van der Waals surface area contributed by atoms with Crippen LogP contribution in [-0.2, 0) is 0 Å². The smallest absolute Gasteiger partial charge is 0.256 e. The summed E-state index contributed by atoms with van der Waals surface area (Å²) in [5.74, 6) is 2.04. The number of rotatable bonds is 6. The Bertz CT molecular complexity index is 770. The number of nitrogens with one attached hydrogen (secondary N) is 1. The van der Waals surface area contributed by atoms with E-state index in [1.165, 1.54) is 6.42 Å². The summed E-state index contributed by atoms with van der Waals surface area (Å²) >= 11 is 0. The molecule has 0 unspecified atom stereocenters. The van der Waals surface area contributed by atoms with Crippen LogP contribution in [0.15, 0.2) is 30.5 Å². The number of anilines is 1. The first-order valence-electron chi connectivity index (χ1n) is 9.69. The molecule has 6 nitrogen and oxygen atoms in total. The molecule has 1 fully saturated rings. The maximum Gasteiger partial charge on any atom is 0.256 e. The van der Waals surface area contributed by atoms with Crippen molar-refractivity contribution in [1.29, 1.82) is 0 Å². The minimum Gasteiger partial charge on any atom is -0.497 e. The minimum absolute atomic E-state index is 0.105. The molecule has 1 amide bonds. The Hall–Kier alpha value is -2.63. The van der Waals surface area contributed by atoms with E-state index < -0.39 is 0 Å². The first-order chi connectivity index (χ1) is 13.1. The third-order valence-corrected chi connectivity index (χ3v) is 5.01. The first kappa shape index (κ1) is 19.1. The van der Waals surface area contributed by atoms with E-state index in [0.29, 0.717) is 11.4 Å². The summed E-state index contributed by atoms with van der Waals surface area (Å²) in [6.45, 7) is 5.90. The number of hydrogen-bond acceptors (Lipinski definition) is 5. The van der Waals surface area contributed by atoms with Gasteiger partial charge in [-0.15, -0.1) is 0 Å². The molecular weight excluding hydrogens is 340 g/mol. The normalized spacial score (nSPS) is 15.3. The Labute approximate surface area is 161 Å². The Kier molecular flexibility index (Phi) is 6.27. The first-order valence-corrected chi connectivity index (χ1v) is 9.69. The average Bonchev–Trinajstić information content (AvgIpc) is 2.73. The van der Waals surface area contributed by atoms with Crippen LogP contribution in [0.1, 0.15) is 49.9 Å². The molecule has 1 aliphatic rings. The van der Waals surface area contributed by atoms with E-state index in [0.717, 1.165) is 49.5 Å². The molecule has 0 spiro atoms. The van der Waals surface area contributed by atoms with Crippen molar-refractivity contribution in [2.24, 2.45) is 0 Å². The summed E-state index contributed by atoms with van der Waals surface area (Å²) in [6.07, 6.45) is 6.01. The quantitative estimate of drug-likeness (QED) is 0.843. The van der Waals surface area contributed by atoms with Gasteiger partial charge in [-0.25, -0.2) is 9.97 Å². The van der Waals surface area contributed by atoms with Crippen LogP contribution in [0.25, 0.3) is 11.4 Å². The number of hydrogen-bond donors (Lipinski definition) is 1. The van der Waals surface area contributed by atoms with Gasteiger partial charge >= 0.3 is 0 Å². The Morgan fingerprint density at radius 1 is 1.22 bits per heavy atom. The third-order valence-electron chi connectivity index (χ3n) is 5.01. The Balaban J connectivity index is 1.96. The van der Waals surface area contributed by atoms with Gasteiger partial charge in [-0.2, -0.15) is 0 Å². The van der Waals surface area contributed by atoms with Crippen LogP contribution in [-0.4, -0.2) is 42.1 Å². The molecule has 1 aliphatic heterocycles. The molecule has 0 aliphatic carbocycles. The molecule has 144 valence electrons. The maximum absolute atomic E-state index is 12.8. The highest BCUT2D eigenvalue weighted by molar-refractivity contribution is 5.99. The lowest BCUT2D eigenvalue weighted by atomic mass is 10.1. The van der Waals surface area contributed by atoms with Crippen LogP contribution in [0.2, 0.25) is 0 Å². The lowest BCUT2D eigenvalue weighted by Crippen LogP contribution is -2.36. The van der Waals surface area contributed by atoms with Gasteiger partial charge in [-0.1, -0.05) is 6.92 Å². The van der Waals surface area contributed by atoms with Gasteiger partial charge in [0.25, 0.3) is 5.91 Å². The van der Waals surface area contributed by atoms with Crippen molar-refractivity contribution in [3.63, 3.8) is 0 Å². The Morgan fingerprint density at radius 2 is 1.93 bits per heavy atom. The second kappa shape index (κ2) is 8.84. The van der Waals surface area contributed by atoms with Gasteiger partial charge < -0.3 is 15.0 Å². The maximum atomic E-state index is 12.8. The number of aromatic nitrogens is 2. The van der Waals surface area contributed by atoms with Gasteiger partial charge in [-0.3, -0.25) is 4.79 Å². The van der Waals surface area contributed by atoms with E-state index in [2.05, 4.69) is 22.1 Å². The molecule has 0 radical (unpaired) electrons. The number of carbonyl (C=O) groups excluding carboxylic acids is 1. The number of nitrogens with zero attached hydrogens (tertiary/aromatic N) is 3. The zero-order valence-corrected chi connectivity index (χ0v) is 16.4. The van der Waals surface area contributed by atoms with E-state index in [1.807, 2.05) is 31.2 Å². The van der Waals surface area contributed by atoms with Crippen molar-refractivity contribution in [3.05, 3.63) is 36.0 Å². The van der Waals surface area contributed by atoms with Crippen LogP contribution < -0.4 is 15.0 Å². The van der Waals surface area contributed by atoms with Crippen molar-refractivity contribution in [3.8, 4) is 17.1 Å². The molecule has 3 rings (SSSR count). The van der Waals surface area contributed by atoms with E-state index >= 15 is 0 Å². The summed E-state index contributed by atoms with van der Waals surface area (Å²) in [7, 11) is 1.64. The van der Waals surface area contributed by atoms with Gasteiger partial charge in [0.05, 0.1) is 7.11 Å². The average molecular weight is 368 g/mol. The van der Waals surface area contributed by atoms with Crippen molar-refractivity contribution in [1.82, 2.24) is 15.3 Å². The molecule has 1 N–H and O–H groups in total. The lowest BCUT2D eigenvalue weighted by Gasteiger charge is -2.29. The third kappa shape index (κ3) is 4.56. The van der Waals surface area contributed by atoms with Crippen molar-refractivity contribution in [2.45, 2.75) is 45.6 Å². The van der Waals surface area contributed by atoms with Gasteiger partial charge in [0.1, 0.15) is 17.1 Å². The van der Waals surface area contributed by atoms with E-state index in [-0.39, 0.29) is 11.9 Å². The molecule has 2 heterocycles. The summed E-state index contributed by atoms with van der Waals surface area (Å²) < 4.78 is 5.22. The fourth-order valence-electron chi connectivity index (χ4n) is 3.16. The zero-order chi connectivity index (χ0) is 19.2. The topological polar surface area (TPSA) is 67.3 Å². The fourth-order valence-corrected chi connectivity index (χ4v) is 3.16. The molecule has 0 bridgehead atoms. The van der Waals surface area contributed by atoms with Gasteiger partial charge in [0, 0.05) is 30.9 Å². The number of piperidine rings is 1. The standard InChI is InChI=1S/C21H28N4O2/c1-4-15(2)23-21(26)18-14-22-19(16-8-10-17(27-3)11-9-16)24-20(18)25-12-6-5-7-13-25/h8-11,14-15H,4-7,12-13H2,1-3H3,(H,23,26)/t15-/m1/s1. The second-order valence-corrected chi connectivity index (χ2v) is 6.99. The highest BCUT2D eigenvalue weighted by atomic mass is 16.5. The molecule has 1 atom stereocenters. The second-order valence-electron chi connectivity index (χ2n) is 6.99. The number of methoxy groups -OCH3 is 1. The number of ether oxygens (including phenoxy) is 1. The number of amides is 1. The van der Waals surface area contributed by atoms with Crippen molar-refractivity contribution in [2.75, 3.05) is 25.1 Å². The highest BCUT2D eigenvalue weighted by Gasteiger charge is 2.22. The monoisotopic (exact) mass is 368 g/mol. The molecular formula is C21H28N4O2. The van der Waals surface area contributed by atoms with Crippen molar-refractivity contribution < 1.29 is 9.53 Å². The van der Waals surface area contributed by atoms with Crippen LogP contribution in [0.5, 0.6) is 5.75 Å². The molecule has 0 saturated carbocycles. The van der Waals surface area contributed by atoms with Crippen LogP contribution >= 0.6 is 0 Å².